The highest BCUT2D eigenvalue weighted by molar-refractivity contribution is 6.17. The number of carbonyl (C=O) groups excluding carboxylic acids is 1. The molecule has 1 aliphatic rings. The highest BCUT2D eigenvalue weighted by Crippen LogP contribution is 2.03. The number of carbonyl (C=O) groups is 1. The van der Waals surface area contributed by atoms with Crippen molar-refractivity contribution in [3.8, 4) is 0 Å². The number of ether oxygens (including phenoxy) is 2. The first-order chi connectivity index (χ1) is 7.24. The molecular weight excluding hydrogens is 218 g/mol. The third-order valence-corrected chi connectivity index (χ3v) is 2.55. The van der Waals surface area contributed by atoms with Gasteiger partial charge in [-0.05, 0) is 12.3 Å². The molecule has 0 bridgehead atoms. The summed E-state index contributed by atoms with van der Waals surface area (Å²) >= 11 is 5.60. The predicted octanol–water partition coefficient (Wildman–Crippen LogP) is 0.783. The van der Waals surface area contributed by atoms with Gasteiger partial charge in [-0.3, -0.25) is 4.79 Å². The second-order valence-electron chi connectivity index (χ2n) is 3.76. The third kappa shape index (κ3) is 4.82. The van der Waals surface area contributed by atoms with E-state index in [0.29, 0.717) is 38.2 Å². The number of nitrogens with one attached hydrogen (secondary N) is 1. The summed E-state index contributed by atoms with van der Waals surface area (Å²) in [6.45, 7) is 4.13. The number of halogens is 1. The molecule has 15 heavy (non-hydrogen) atoms. The maximum absolute atomic E-state index is 11.6. The largest absolute Gasteiger partial charge is 0.376 e. The minimum Gasteiger partial charge on any atom is -0.376 e. The van der Waals surface area contributed by atoms with E-state index in [2.05, 4.69) is 12.2 Å². The molecule has 0 radical (unpaired) electrons. The zero-order valence-corrected chi connectivity index (χ0v) is 9.76. The Labute approximate surface area is 95.3 Å². The van der Waals surface area contributed by atoms with Crippen molar-refractivity contribution in [2.75, 3.05) is 32.2 Å². The van der Waals surface area contributed by atoms with Gasteiger partial charge < -0.3 is 14.8 Å². The maximum atomic E-state index is 11.6. The molecule has 0 aromatic rings. The Balaban J connectivity index is 2.16. The average molecular weight is 236 g/mol. The summed E-state index contributed by atoms with van der Waals surface area (Å²) in [6, 6.07) is 0. The topological polar surface area (TPSA) is 47.6 Å². The van der Waals surface area contributed by atoms with Crippen LogP contribution in [0.5, 0.6) is 0 Å². The van der Waals surface area contributed by atoms with Crippen molar-refractivity contribution in [3.05, 3.63) is 0 Å². The monoisotopic (exact) mass is 235 g/mol. The Bertz CT molecular complexity index is 195. The Morgan fingerprint density at radius 3 is 3.00 bits per heavy atom. The predicted molar refractivity (Wildman–Crippen MR) is 58.1 cm³/mol. The van der Waals surface area contributed by atoms with Crippen LogP contribution in [0, 0.1) is 5.92 Å². The molecule has 1 amide bonds. The molecule has 0 aromatic heterocycles. The molecule has 1 heterocycles. The second-order valence-corrected chi connectivity index (χ2v) is 4.14. The summed E-state index contributed by atoms with van der Waals surface area (Å²) in [5.74, 6) is 0.937. The molecule has 0 aromatic carbocycles. The third-order valence-electron chi connectivity index (χ3n) is 2.34. The molecule has 0 spiro atoms. The number of amides is 1. The van der Waals surface area contributed by atoms with Gasteiger partial charge in [-0.2, -0.15) is 0 Å². The lowest BCUT2D eigenvalue weighted by Crippen LogP contribution is -2.44. The lowest BCUT2D eigenvalue weighted by Gasteiger charge is -2.22. The van der Waals surface area contributed by atoms with Crippen molar-refractivity contribution in [3.63, 3.8) is 0 Å². The van der Waals surface area contributed by atoms with Gasteiger partial charge in [0.1, 0.15) is 0 Å². The standard InChI is InChI=1S/C10H18ClNO3/c1-8(2-3-11)6-12-10(13)9-7-14-4-5-15-9/h8-9H,2-7H2,1H3,(H,12,13). The Morgan fingerprint density at radius 1 is 1.60 bits per heavy atom. The minimum absolute atomic E-state index is 0.0869. The van der Waals surface area contributed by atoms with E-state index in [0.717, 1.165) is 6.42 Å². The van der Waals surface area contributed by atoms with E-state index in [9.17, 15) is 4.79 Å². The highest BCUT2D eigenvalue weighted by atomic mass is 35.5. The first-order valence-corrected chi connectivity index (χ1v) is 5.80. The van der Waals surface area contributed by atoms with Crippen molar-refractivity contribution in [1.82, 2.24) is 5.32 Å². The molecule has 5 heteroatoms. The van der Waals surface area contributed by atoms with Crippen LogP contribution in [0.3, 0.4) is 0 Å². The molecule has 1 aliphatic heterocycles. The van der Waals surface area contributed by atoms with Gasteiger partial charge in [-0.15, -0.1) is 11.6 Å². The van der Waals surface area contributed by atoms with Crippen LogP contribution < -0.4 is 5.32 Å². The van der Waals surface area contributed by atoms with Crippen LogP contribution in [0.15, 0.2) is 0 Å². The van der Waals surface area contributed by atoms with Crippen LogP contribution in [0.4, 0.5) is 0 Å². The van der Waals surface area contributed by atoms with Crippen LogP contribution in [-0.2, 0) is 14.3 Å². The summed E-state index contributed by atoms with van der Waals surface area (Å²) < 4.78 is 10.4. The van der Waals surface area contributed by atoms with Crippen LogP contribution in [0.25, 0.3) is 0 Å². The lowest BCUT2D eigenvalue weighted by atomic mass is 10.1. The molecule has 1 N–H and O–H groups in total. The van der Waals surface area contributed by atoms with E-state index in [1.165, 1.54) is 0 Å². The summed E-state index contributed by atoms with van der Waals surface area (Å²) in [7, 11) is 0. The van der Waals surface area contributed by atoms with Gasteiger partial charge in [0.05, 0.1) is 19.8 Å². The number of hydrogen-bond acceptors (Lipinski definition) is 3. The fraction of sp³-hybridized carbons (Fsp3) is 0.900. The maximum Gasteiger partial charge on any atom is 0.251 e. The highest BCUT2D eigenvalue weighted by Gasteiger charge is 2.22. The van der Waals surface area contributed by atoms with Gasteiger partial charge in [0.2, 0.25) is 0 Å². The van der Waals surface area contributed by atoms with Gasteiger partial charge in [-0.25, -0.2) is 0 Å². The molecule has 2 atom stereocenters. The van der Waals surface area contributed by atoms with E-state index in [1.807, 2.05) is 0 Å². The van der Waals surface area contributed by atoms with Gasteiger partial charge in [0.25, 0.3) is 5.91 Å². The second kappa shape index (κ2) is 7.04. The van der Waals surface area contributed by atoms with E-state index in [4.69, 9.17) is 21.1 Å². The molecule has 1 fully saturated rings. The van der Waals surface area contributed by atoms with E-state index < -0.39 is 6.10 Å². The summed E-state index contributed by atoms with van der Waals surface area (Å²) in [6.07, 6.45) is 0.464. The molecule has 88 valence electrons. The zero-order valence-electron chi connectivity index (χ0n) is 9.00. The quantitative estimate of drug-likeness (QED) is 0.717. The number of alkyl halides is 1. The van der Waals surface area contributed by atoms with Gasteiger partial charge in [-0.1, -0.05) is 6.92 Å². The molecule has 4 nitrogen and oxygen atoms in total. The van der Waals surface area contributed by atoms with E-state index >= 15 is 0 Å². The van der Waals surface area contributed by atoms with Crippen molar-refractivity contribution in [2.45, 2.75) is 19.4 Å². The first kappa shape index (κ1) is 12.7. The molecule has 0 saturated carbocycles. The van der Waals surface area contributed by atoms with Crippen molar-refractivity contribution >= 4 is 17.5 Å². The van der Waals surface area contributed by atoms with Gasteiger partial charge in [0.15, 0.2) is 6.10 Å². The van der Waals surface area contributed by atoms with E-state index in [-0.39, 0.29) is 5.91 Å². The fourth-order valence-corrected chi connectivity index (χ4v) is 1.69. The smallest absolute Gasteiger partial charge is 0.251 e. The van der Waals surface area contributed by atoms with E-state index in [1.54, 1.807) is 0 Å². The Hall–Kier alpha value is -0.320. The summed E-state index contributed by atoms with van der Waals surface area (Å²) in [5.41, 5.74) is 0. The van der Waals surface area contributed by atoms with Crippen molar-refractivity contribution in [1.29, 1.82) is 0 Å². The fourth-order valence-electron chi connectivity index (χ4n) is 1.32. The Morgan fingerprint density at radius 2 is 2.40 bits per heavy atom. The zero-order chi connectivity index (χ0) is 11.1. The molecule has 1 rings (SSSR count). The molecule has 0 aliphatic carbocycles. The molecule has 1 saturated heterocycles. The van der Waals surface area contributed by atoms with Crippen LogP contribution in [-0.4, -0.2) is 44.3 Å². The number of rotatable bonds is 5. The number of hydrogen-bond donors (Lipinski definition) is 1. The van der Waals surface area contributed by atoms with Gasteiger partial charge >= 0.3 is 0 Å². The minimum atomic E-state index is -0.443. The van der Waals surface area contributed by atoms with Crippen molar-refractivity contribution < 1.29 is 14.3 Å². The normalized spacial score (nSPS) is 23.5. The Kier molecular flexibility index (Phi) is 5.98. The first-order valence-electron chi connectivity index (χ1n) is 5.27. The summed E-state index contributed by atoms with van der Waals surface area (Å²) in [5, 5.41) is 2.83. The SMILES string of the molecule is CC(CCCl)CNC(=O)C1COCCO1. The molecular formula is C10H18ClNO3. The summed E-state index contributed by atoms with van der Waals surface area (Å²) in [4.78, 5) is 11.6. The average Bonchev–Trinajstić information content (AvgIpc) is 2.27. The lowest BCUT2D eigenvalue weighted by molar-refractivity contribution is -0.147. The van der Waals surface area contributed by atoms with Crippen LogP contribution >= 0.6 is 11.6 Å². The van der Waals surface area contributed by atoms with Crippen LogP contribution in [0.1, 0.15) is 13.3 Å². The van der Waals surface area contributed by atoms with Crippen LogP contribution in [0.2, 0.25) is 0 Å². The van der Waals surface area contributed by atoms with Crippen molar-refractivity contribution in [2.24, 2.45) is 5.92 Å². The molecule has 2 unspecified atom stereocenters. The van der Waals surface area contributed by atoms with Gasteiger partial charge in [0, 0.05) is 12.4 Å².